The van der Waals surface area contributed by atoms with Gasteiger partial charge >= 0.3 is 0 Å². The third-order valence-electron chi connectivity index (χ3n) is 4.30. The number of benzene rings is 2. The van der Waals surface area contributed by atoms with Crippen LogP contribution in [0.1, 0.15) is 36.2 Å². The molecule has 1 aliphatic carbocycles. The molecule has 4 rings (SSSR count). The van der Waals surface area contributed by atoms with Crippen molar-refractivity contribution in [1.29, 1.82) is 0 Å². The molecule has 1 amide bonds. The number of aromatic nitrogens is 3. The van der Waals surface area contributed by atoms with Gasteiger partial charge in [-0.15, -0.1) is 0 Å². The molecule has 6 heteroatoms. The number of H-pyrrole nitrogens is 1. The Kier molecular flexibility index (Phi) is 4.03. The van der Waals surface area contributed by atoms with Crippen LogP contribution in [0.4, 0.5) is 5.69 Å². The maximum absolute atomic E-state index is 12.4. The highest BCUT2D eigenvalue weighted by Crippen LogP contribution is 2.38. The third kappa shape index (κ3) is 3.44. The number of carbonyl (C=O) groups is 1. The average molecular weight is 333 g/mol. The first-order valence-corrected chi connectivity index (χ1v) is 8.35. The summed E-state index contributed by atoms with van der Waals surface area (Å²) >= 11 is 0. The van der Waals surface area contributed by atoms with Gasteiger partial charge < -0.3 is 11.1 Å². The smallest absolute Gasteiger partial charge is 0.245 e. The van der Waals surface area contributed by atoms with E-state index in [1.165, 1.54) is 12.8 Å². The Morgan fingerprint density at radius 1 is 1.16 bits per heavy atom. The van der Waals surface area contributed by atoms with Gasteiger partial charge in [-0.25, -0.2) is 4.98 Å². The molecule has 0 spiro atoms. The number of hydrogen-bond donors (Lipinski definition) is 3. The summed E-state index contributed by atoms with van der Waals surface area (Å²) in [6, 6.07) is 16.1. The van der Waals surface area contributed by atoms with Crippen LogP contribution >= 0.6 is 0 Å². The minimum atomic E-state index is -0.713. The van der Waals surface area contributed by atoms with Gasteiger partial charge in [0, 0.05) is 17.2 Å². The number of aromatic amines is 1. The molecule has 0 bridgehead atoms. The molecule has 6 nitrogen and oxygen atoms in total. The summed E-state index contributed by atoms with van der Waals surface area (Å²) in [5, 5.41) is 10.1. The van der Waals surface area contributed by atoms with Gasteiger partial charge in [0.2, 0.25) is 5.91 Å². The summed E-state index contributed by atoms with van der Waals surface area (Å²) in [5.41, 5.74) is 8.34. The van der Waals surface area contributed by atoms with Crippen molar-refractivity contribution in [2.24, 2.45) is 5.73 Å². The molecule has 2 aromatic carbocycles. The molecule has 1 saturated carbocycles. The molecule has 0 saturated heterocycles. The van der Waals surface area contributed by atoms with Crippen LogP contribution in [0.2, 0.25) is 0 Å². The quantitative estimate of drug-likeness (QED) is 0.668. The summed E-state index contributed by atoms with van der Waals surface area (Å²) in [6.45, 7) is 0. The lowest BCUT2D eigenvalue weighted by molar-refractivity contribution is -0.117. The van der Waals surface area contributed by atoms with Gasteiger partial charge in [-0.3, -0.25) is 9.89 Å². The average Bonchev–Trinajstić information content (AvgIpc) is 3.39. The van der Waals surface area contributed by atoms with E-state index in [0.717, 1.165) is 17.0 Å². The number of rotatable bonds is 5. The molecule has 3 aromatic rings. The summed E-state index contributed by atoms with van der Waals surface area (Å²) in [5.74, 6) is 1.85. The summed E-state index contributed by atoms with van der Waals surface area (Å²) in [7, 11) is 0. The fourth-order valence-corrected chi connectivity index (χ4v) is 2.71. The van der Waals surface area contributed by atoms with Crippen LogP contribution in [0, 0.1) is 0 Å². The van der Waals surface area contributed by atoms with E-state index in [4.69, 9.17) is 5.73 Å². The van der Waals surface area contributed by atoms with Crippen LogP contribution in [0.25, 0.3) is 11.4 Å². The van der Waals surface area contributed by atoms with Crippen molar-refractivity contribution >= 4 is 11.6 Å². The van der Waals surface area contributed by atoms with Gasteiger partial charge in [0.05, 0.1) is 0 Å². The van der Waals surface area contributed by atoms with Crippen molar-refractivity contribution in [3.8, 4) is 11.4 Å². The van der Waals surface area contributed by atoms with Gasteiger partial charge in [0.15, 0.2) is 5.82 Å². The zero-order chi connectivity index (χ0) is 17.2. The Bertz CT molecular complexity index is 886. The van der Waals surface area contributed by atoms with Gasteiger partial charge in [0.1, 0.15) is 11.9 Å². The van der Waals surface area contributed by atoms with E-state index in [1.54, 1.807) is 0 Å². The van der Waals surface area contributed by atoms with Crippen molar-refractivity contribution in [1.82, 2.24) is 15.2 Å². The Hall–Kier alpha value is -2.99. The summed E-state index contributed by atoms with van der Waals surface area (Å²) in [4.78, 5) is 16.9. The van der Waals surface area contributed by atoms with Crippen LogP contribution in [0.3, 0.4) is 0 Å². The number of nitrogens with two attached hydrogens (primary N) is 1. The Labute approximate surface area is 145 Å². The van der Waals surface area contributed by atoms with E-state index in [2.05, 4.69) is 20.5 Å². The first-order chi connectivity index (χ1) is 12.2. The van der Waals surface area contributed by atoms with E-state index in [-0.39, 0.29) is 5.91 Å². The maximum atomic E-state index is 12.4. The third-order valence-corrected chi connectivity index (χ3v) is 4.30. The molecule has 1 fully saturated rings. The second-order valence-corrected chi connectivity index (χ2v) is 6.28. The van der Waals surface area contributed by atoms with Crippen LogP contribution < -0.4 is 11.1 Å². The highest BCUT2D eigenvalue weighted by Gasteiger charge is 2.27. The maximum Gasteiger partial charge on any atom is 0.245 e. The highest BCUT2D eigenvalue weighted by molar-refractivity contribution is 5.95. The van der Waals surface area contributed by atoms with Crippen molar-refractivity contribution < 1.29 is 4.79 Å². The largest absolute Gasteiger partial charge is 0.324 e. The van der Waals surface area contributed by atoms with Gasteiger partial charge in [0.25, 0.3) is 0 Å². The highest BCUT2D eigenvalue weighted by atomic mass is 16.2. The molecule has 1 atom stereocenters. The van der Waals surface area contributed by atoms with Crippen molar-refractivity contribution in [2.75, 3.05) is 5.32 Å². The van der Waals surface area contributed by atoms with Crippen LogP contribution in [-0.2, 0) is 4.79 Å². The lowest BCUT2D eigenvalue weighted by Crippen LogP contribution is -2.27. The number of nitrogens with one attached hydrogen (secondary N) is 2. The second kappa shape index (κ2) is 6.49. The van der Waals surface area contributed by atoms with E-state index in [0.29, 0.717) is 17.4 Å². The number of amides is 1. The molecule has 0 radical (unpaired) electrons. The topological polar surface area (TPSA) is 96.7 Å². The van der Waals surface area contributed by atoms with Gasteiger partial charge in [-0.1, -0.05) is 42.5 Å². The first kappa shape index (κ1) is 15.5. The Balaban J connectivity index is 1.50. The zero-order valence-corrected chi connectivity index (χ0v) is 13.6. The predicted octanol–water partition coefficient (Wildman–Crippen LogP) is 2.99. The number of nitrogens with zero attached hydrogens (tertiary/aromatic N) is 2. The van der Waals surface area contributed by atoms with Gasteiger partial charge in [-0.05, 0) is 30.5 Å². The fraction of sp³-hybridized carbons (Fsp3) is 0.211. The number of anilines is 1. The molecule has 25 heavy (non-hydrogen) atoms. The van der Waals surface area contributed by atoms with Crippen LogP contribution in [0.15, 0.2) is 54.6 Å². The molecule has 126 valence electrons. The minimum absolute atomic E-state index is 0.253. The first-order valence-electron chi connectivity index (χ1n) is 8.35. The molecule has 1 heterocycles. The normalized spacial score (nSPS) is 14.9. The predicted molar refractivity (Wildman–Crippen MR) is 95.8 cm³/mol. The lowest BCUT2D eigenvalue weighted by atomic mass is 10.1. The van der Waals surface area contributed by atoms with E-state index >= 15 is 0 Å². The number of hydrogen-bond acceptors (Lipinski definition) is 4. The summed E-state index contributed by atoms with van der Waals surface area (Å²) < 4.78 is 0. The van der Waals surface area contributed by atoms with Crippen molar-refractivity contribution in [3.63, 3.8) is 0 Å². The van der Waals surface area contributed by atoms with Crippen molar-refractivity contribution in [3.05, 3.63) is 66.0 Å². The Morgan fingerprint density at radius 2 is 1.96 bits per heavy atom. The molecule has 1 aliphatic rings. The molecule has 4 N–H and O–H groups in total. The molecule has 0 unspecified atom stereocenters. The van der Waals surface area contributed by atoms with E-state index < -0.39 is 6.04 Å². The number of carbonyl (C=O) groups excluding carboxylic acids is 1. The van der Waals surface area contributed by atoms with Gasteiger partial charge in [-0.2, -0.15) is 5.10 Å². The zero-order valence-electron chi connectivity index (χ0n) is 13.6. The second-order valence-electron chi connectivity index (χ2n) is 6.28. The standard InChI is InChI=1S/C19H19N5O/c20-16(12-5-2-1-3-6-12)19(25)21-15-8-4-7-14(11-15)18-22-17(23-24-18)13-9-10-13/h1-8,11,13,16H,9-10,20H2,(H,21,25)(H,22,23,24)/t16-/m0/s1. The van der Waals surface area contributed by atoms with E-state index in [1.807, 2.05) is 54.6 Å². The SMILES string of the molecule is N[C@H](C(=O)Nc1cccc(-c2n[nH]c(C3CC3)n2)c1)c1ccccc1. The molecular weight excluding hydrogens is 314 g/mol. The van der Waals surface area contributed by atoms with Crippen LogP contribution in [-0.4, -0.2) is 21.1 Å². The Morgan fingerprint density at radius 3 is 2.72 bits per heavy atom. The molecule has 0 aliphatic heterocycles. The van der Waals surface area contributed by atoms with Crippen molar-refractivity contribution in [2.45, 2.75) is 24.8 Å². The van der Waals surface area contributed by atoms with E-state index in [9.17, 15) is 4.79 Å². The lowest BCUT2D eigenvalue weighted by Gasteiger charge is -2.13. The van der Waals surface area contributed by atoms with Crippen LogP contribution in [0.5, 0.6) is 0 Å². The summed E-state index contributed by atoms with van der Waals surface area (Å²) in [6.07, 6.45) is 2.34. The molecule has 1 aromatic heterocycles. The minimum Gasteiger partial charge on any atom is -0.324 e. The fourth-order valence-electron chi connectivity index (χ4n) is 2.71. The monoisotopic (exact) mass is 333 g/mol. The molecular formula is C19H19N5O.